The molecule has 0 spiro atoms. The van der Waals surface area contributed by atoms with E-state index in [-0.39, 0.29) is 0 Å². The number of aryl methyl sites for hydroxylation is 2. The molecule has 0 amide bonds. The van der Waals surface area contributed by atoms with Gasteiger partial charge in [-0.2, -0.15) is 9.78 Å². The van der Waals surface area contributed by atoms with Crippen molar-refractivity contribution < 1.29 is 4.74 Å². The standard InChI is InChI=1S/C25H24N4OS/c1-19-8-6-7-11-23(19)17-30-24-14-12-21(13-15-24)16-26-29-20(2)27-28-25(29)31-18-22-9-4-3-5-10-22/h3-16H,17-18H2,1-2H3/b26-16+. The fourth-order valence-electron chi connectivity index (χ4n) is 2.99. The first-order valence-corrected chi connectivity index (χ1v) is 11.1. The van der Waals surface area contributed by atoms with Crippen molar-refractivity contribution in [3.63, 3.8) is 0 Å². The van der Waals surface area contributed by atoms with Crippen molar-refractivity contribution in [1.29, 1.82) is 0 Å². The van der Waals surface area contributed by atoms with Gasteiger partial charge in [0, 0.05) is 5.75 Å². The maximum Gasteiger partial charge on any atom is 0.212 e. The van der Waals surface area contributed by atoms with Crippen LogP contribution < -0.4 is 4.74 Å². The summed E-state index contributed by atoms with van der Waals surface area (Å²) in [4.78, 5) is 0. The Morgan fingerprint density at radius 2 is 1.65 bits per heavy atom. The summed E-state index contributed by atoms with van der Waals surface area (Å²) in [6.07, 6.45) is 1.81. The van der Waals surface area contributed by atoms with Crippen LogP contribution in [0.5, 0.6) is 5.75 Å². The van der Waals surface area contributed by atoms with Crippen molar-refractivity contribution in [2.45, 2.75) is 31.4 Å². The zero-order valence-electron chi connectivity index (χ0n) is 17.6. The molecule has 1 heterocycles. The third-order valence-electron chi connectivity index (χ3n) is 4.84. The summed E-state index contributed by atoms with van der Waals surface area (Å²) in [6.45, 7) is 4.55. The lowest BCUT2D eigenvalue weighted by Gasteiger charge is -2.08. The Bertz CT molecular complexity index is 1150. The van der Waals surface area contributed by atoms with E-state index in [0.29, 0.717) is 6.61 Å². The molecular formula is C25H24N4OS. The summed E-state index contributed by atoms with van der Waals surface area (Å²) in [5, 5.41) is 13.8. The Balaban J connectivity index is 1.38. The number of nitrogens with zero attached hydrogens (tertiary/aromatic N) is 4. The molecule has 0 N–H and O–H groups in total. The fraction of sp³-hybridized carbons (Fsp3) is 0.160. The highest BCUT2D eigenvalue weighted by molar-refractivity contribution is 7.98. The van der Waals surface area contributed by atoms with E-state index in [1.165, 1.54) is 16.7 Å². The van der Waals surface area contributed by atoms with Gasteiger partial charge in [0.2, 0.25) is 5.16 Å². The van der Waals surface area contributed by atoms with Gasteiger partial charge in [0.15, 0.2) is 5.82 Å². The van der Waals surface area contributed by atoms with Gasteiger partial charge < -0.3 is 4.74 Å². The van der Waals surface area contributed by atoms with Gasteiger partial charge in [-0.3, -0.25) is 0 Å². The van der Waals surface area contributed by atoms with Crippen LogP contribution >= 0.6 is 11.8 Å². The van der Waals surface area contributed by atoms with Crippen LogP contribution in [0.15, 0.2) is 89.1 Å². The summed E-state index contributed by atoms with van der Waals surface area (Å²) < 4.78 is 7.69. The van der Waals surface area contributed by atoms with E-state index in [9.17, 15) is 0 Å². The molecule has 0 fully saturated rings. The van der Waals surface area contributed by atoms with Gasteiger partial charge in [-0.25, -0.2) is 0 Å². The van der Waals surface area contributed by atoms with E-state index in [1.807, 2.05) is 67.7 Å². The molecule has 1 aromatic heterocycles. The highest BCUT2D eigenvalue weighted by atomic mass is 32.2. The lowest BCUT2D eigenvalue weighted by Crippen LogP contribution is -1.98. The van der Waals surface area contributed by atoms with Crippen molar-refractivity contribution in [2.75, 3.05) is 0 Å². The molecule has 0 saturated carbocycles. The molecule has 5 nitrogen and oxygen atoms in total. The van der Waals surface area contributed by atoms with Gasteiger partial charge in [-0.15, -0.1) is 10.2 Å². The maximum absolute atomic E-state index is 5.92. The number of benzene rings is 3. The van der Waals surface area contributed by atoms with Crippen molar-refractivity contribution >= 4 is 18.0 Å². The average Bonchev–Trinajstić information content (AvgIpc) is 3.16. The van der Waals surface area contributed by atoms with Gasteiger partial charge in [0.05, 0.1) is 6.21 Å². The molecule has 0 aliphatic heterocycles. The third kappa shape index (κ3) is 5.61. The Hall–Kier alpha value is -3.38. The Kier molecular flexibility index (Phi) is 6.79. The molecule has 4 aromatic rings. The SMILES string of the molecule is Cc1ccccc1COc1ccc(/C=N/n2c(C)nnc2SCc2ccccc2)cc1. The predicted octanol–water partition coefficient (Wildman–Crippen LogP) is 5.65. The molecule has 6 heteroatoms. The Morgan fingerprint density at radius 3 is 2.42 bits per heavy atom. The second kappa shape index (κ2) is 10.1. The van der Waals surface area contributed by atoms with Gasteiger partial charge in [-0.1, -0.05) is 66.4 Å². The molecule has 0 atom stereocenters. The van der Waals surface area contributed by atoms with Crippen molar-refractivity contribution in [1.82, 2.24) is 14.9 Å². The van der Waals surface area contributed by atoms with E-state index in [1.54, 1.807) is 16.4 Å². The minimum absolute atomic E-state index is 0.558. The molecule has 0 aliphatic carbocycles. The van der Waals surface area contributed by atoms with E-state index in [2.05, 4.69) is 46.5 Å². The van der Waals surface area contributed by atoms with Crippen molar-refractivity contribution in [3.8, 4) is 5.75 Å². The van der Waals surface area contributed by atoms with Gasteiger partial charge in [0.1, 0.15) is 12.4 Å². The van der Waals surface area contributed by atoms with E-state index in [4.69, 9.17) is 4.74 Å². The number of thioether (sulfide) groups is 1. The lowest BCUT2D eigenvalue weighted by atomic mass is 10.1. The molecule has 156 valence electrons. The number of hydrogen-bond acceptors (Lipinski definition) is 5. The molecular weight excluding hydrogens is 404 g/mol. The second-order valence-corrected chi connectivity index (χ2v) is 8.09. The molecule has 0 bridgehead atoms. The molecule has 0 aliphatic rings. The van der Waals surface area contributed by atoms with E-state index in [0.717, 1.165) is 28.0 Å². The largest absolute Gasteiger partial charge is 0.489 e. The van der Waals surface area contributed by atoms with Crippen molar-refractivity contribution in [3.05, 3.63) is 107 Å². The molecule has 4 rings (SSSR count). The first-order valence-electron chi connectivity index (χ1n) is 10.1. The maximum atomic E-state index is 5.92. The minimum Gasteiger partial charge on any atom is -0.489 e. The van der Waals surface area contributed by atoms with Crippen LogP contribution in [0.1, 0.15) is 28.1 Å². The van der Waals surface area contributed by atoms with Gasteiger partial charge >= 0.3 is 0 Å². The lowest BCUT2D eigenvalue weighted by molar-refractivity contribution is 0.305. The monoisotopic (exact) mass is 428 g/mol. The van der Waals surface area contributed by atoms with Gasteiger partial charge in [-0.05, 0) is 60.4 Å². The normalized spacial score (nSPS) is 11.2. The zero-order chi connectivity index (χ0) is 21.5. The van der Waals surface area contributed by atoms with E-state index >= 15 is 0 Å². The summed E-state index contributed by atoms with van der Waals surface area (Å²) in [7, 11) is 0. The quantitative estimate of drug-likeness (QED) is 0.269. The molecule has 0 saturated heterocycles. The van der Waals surface area contributed by atoms with Gasteiger partial charge in [0.25, 0.3) is 0 Å². The van der Waals surface area contributed by atoms with Crippen molar-refractivity contribution in [2.24, 2.45) is 5.10 Å². The second-order valence-electron chi connectivity index (χ2n) is 7.14. The number of hydrogen-bond donors (Lipinski definition) is 0. The highest BCUT2D eigenvalue weighted by Crippen LogP contribution is 2.22. The minimum atomic E-state index is 0.558. The number of ether oxygens (including phenoxy) is 1. The predicted molar refractivity (Wildman–Crippen MR) is 126 cm³/mol. The molecule has 31 heavy (non-hydrogen) atoms. The Labute approximate surface area is 186 Å². The van der Waals surface area contributed by atoms with Crippen LogP contribution in [0, 0.1) is 13.8 Å². The van der Waals surface area contributed by atoms with Crippen LogP contribution in [0.25, 0.3) is 0 Å². The summed E-state index contributed by atoms with van der Waals surface area (Å²) >= 11 is 1.62. The highest BCUT2D eigenvalue weighted by Gasteiger charge is 2.08. The molecule has 3 aromatic carbocycles. The number of aromatic nitrogens is 3. The number of rotatable bonds is 8. The van der Waals surface area contributed by atoms with Crippen LogP contribution in [-0.2, 0) is 12.4 Å². The third-order valence-corrected chi connectivity index (χ3v) is 5.83. The summed E-state index contributed by atoms with van der Waals surface area (Å²) in [5.41, 5.74) is 4.65. The average molecular weight is 429 g/mol. The first kappa shape index (κ1) is 20.9. The Morgan fingerprint density at radius 1 is 0.903 bits per heavy atom. The van der Waals surface area contributed by atoms with Crippen LogP contribution in [-0.4, -0.2) is 21.1 Å². The van der Waals surface area contributed by atoms with Crippen LogP contribution in [0.2, 0.25) is 0 Å². The fourth-order valence-corrected chi connectivity index (χ4v) is 3.88. The van der Waals surface area contributed by atoms with E-state index < -0.39 is 0 Å². The zero-order valence-corrected chi connectivity index (χ0v) is 18.4. The van der Waals surface area contributed by atoms with Crippen LogP contribution in [0.4, 0.5) is 0 Å². The summed E-state index contributed by atoms with van der Waals surface area (Å²) in [5.74, 6) is 2.41. The summed E-state index contributed by atoms with van der Waals surface area (Å²) in [6, 6.07) is 26.5. The molecule has 0 radical (unpaired) electrons. The smallest absolute Gasteiger partial charge is 0.212 e. The topological polar surface area (TPSA) is 52.3 Å². The molecule has 0 unspecified atom stereocenters. The van der Waals surface area contributed by atoms with Crippen LogP contribution in [0.3, 0.4) is 0 Å². The first-order chi connectivity index (χ1) is 15.2.